The number of likely N-dealkylation sites (tertiary alicyclic amines) is 1. The number of nitrogens with zero attached hydrogens (tertiary/aromatic N) is 1. The van der Waals surface area contributed by atoms with Gasteiger partial charge in [-0.25, -0.2) is 0 Å². The van der Waals surface area contributed by atoms with E-state index in [1.165, 1.54) is 18.1 Å². The predicted octanol–water partition coefficient (Wildman–Crippen LogP) is 4.67. The third-order valence-electron chi connectivity index (χ3n) is 5.98. The number of hydrogen-bond acceptors (Lipinski definition) is 6. The molecule has 0 saturated carbocycles. The van der Waals surface area contributed by atoms with Crippen LogP contribution in [0.15, 0.2) is 35.9 Å². The highest BCUT2D eigenvalue weighted by Crippen LogP contribution is 2.43. The number of ketones is 1. The van der Waals surface area contributed by atoms with Gasteiger partial charge < -0.3 is 24.6 Å². The summed E-state index contributed by atoms with van der Waals surface area (Å²) in [6, 6.07) is 7.53. The van der Waals surface area contributed by atoms with Crippen molar-refractivity contribution in [2.24, 2.45) is 0 Å². The van der Waals surface area contributed by atoms with Gasteiger partial charge in [-0.3, -0.25) is 9.59 Å². The number of hydrogen-bond donors (Lipinski definition) is 2. The molecule has 1 saturated heterocycles. The van der Waals surface area contributed by atoms with Crippen LogP contribution in [0.1, 0.15) is 61.4 Å². The maximum atomic E-state index is 13.1. The molecule has 0 spiro atoms. The van der Waals surface area contributed by atoms with E-state index in [1.54, 1.807) is 19.2 Å². The summed E-state index contributed by atoms with van der Waals surface area (Å²) in [5, 5.41) is 21.7. The smallest absolute Gasteiger partial charge is 0.295 e. The number of aromatic hydroxyl groups is 1. The van der Waals surface area contributed by atoms with E-state index in [9.17, 15) is 19.8 Å². The monoisotopic (exact) mass is 453 g/mol. The molecule has 1 atom stereocenters. The number of amides is 1. The van der Waals surface area contributed by atoms with Crippen LogP contribution < -0.4 is 9.47 Å². The summed E-state index contributed by atoms with van der Waals surface area (Å²) in [5.41, 5.74) is 2.58. The number of aliphatic hydroxyl groups is 1. The number of carbonyl (C=O) groups is 2. The lowest BCUT2D eigenvalue weighted by Crippen LogP contribution is -2.30. The van der Waals surface area contributed by atoms with Crippen molar-refractivity contribution in [1.82, 2.24) is 4.90 Å². The van der Waals surface area contributed by atoms with Gasteiger partial charge in [0.25, 0.3) is 11.7 Å². The molecule has 2 N–H and O–H groups in total. The van der Waals surface area contributed by atoms with Crippen molar-refractivity contribution >= 4 is 17.4 Å². The molecule has 7 nitrogen and oxygen atoms in total. The second-order valence-electron chi connectivity index (χ2n) is 8.49. The maximum absolute atomic E-state index is 13.1. The van der Waals surface area contributed by atoms with E-state index < -0.39 is 17.7 Å². The largest absolute Gasteiger partial charge is 0.507 e. The number of aryl methyl sites for hydroxylation is 1. The molecule has 2 aromatic carbocycles. The zero-order valence-electron chi connectivity index (χ0n) is 19.9. The van der Waals surface area contributed by atoms with Gasteiger partial charge in [0.1, 0.15) is 11.5 Å². The lowest BCUT2D eigenvalue weighted by molar-refractivity contribution is -0.139. The van der Waals surface area contributed by atoms with Gasteiger partial charge in [0.15, 0.2) is 11.5 Å². The van der Waals surface area contributed by atoms with Gasteiger partial charge in [0, 0.05) is 12.1 Å². The average molecular weight is 454 g/mol. The van der Waals surface area contributed by atoms with Gasteiger partial charge in [-0.1, -0.05) is 26.8 Å². The highest BCUT2D eigenvalue weighted by atomic mass is 16.5. The number of ether oxygens (including phenoxy) is 2. The molecule has 1 aliphatic heterocycles. The van der Waals surface area contributed by atoms with Gasteiger partial charge in [-0.2, -0.15) is 0 Å². The van der Waals surface area contributed by atoms with Crippen molar-refractivity contribution in [2.75, 3.05) is 20.8 Å². The van der Waals surface area contributed by atoms with Crippen molar-refractivity contribution < 1.29 is 29.3 Å². The summed E-state index contributed by atoms with van der Waals surface area (Å²) in [5.74, 6) is -0.685. The third kappa shape index (κ3) is 4.27. The normalized spacial score (nSPS) is 17.7. The van der Waals surface area contributed by atoms with Crippen molar-refractivity contribution in [3.63, 3.8) is 0 Å². The molecule has 1 amide bonds. The fraction of sp³-hybridized carbons (Fsp3) is 0.385. The molecular weight excluding hydrogens is 422 g/mol. The summed E-state index contributed by atoms with van der Waals surface area (Å²) in [6.07, 6.45) is 0.630. The number of rotatable bonds is 7. The molecule has 1 unspecified atom stereocenters. The Kier molecular flexibility index (Phi) is 7.01. The predicted molar refractivity (Wildman–Crippen MR) is 126 cm³/mol. The molecule has 3 rings (SSSR count). The molecule has 33 heavy (non-hydrogen) atoms. The van der Waals surface area contributed by atoms with Gasteiger partial charge in [0.05, 0.1) is 25.8 Å². The minimum absolute atomic E-state index is 0.000916. The first-order chi connectivity index (χ1) is 15.7. The van der Waals surface area contributed by atoms with Crippen molar-refractivity contribution in [1.29, 1.82) is 0 Å². The van der Waals surface area contributed by atoms with E-state index in [1.807, 2.05) is 39.8 Å². The van der Waals surface area contributed by atoms with E-state index in [0.717, 1.165) is 5.56 Å². The number of methoxy groups -OCH3 is 2. The van der Waals surface area contributed by atoms with Crippen LogP contribution in [-0.4, -0.2) is 47.6 Å². The van der Waals surface area contributed by atoms with Crippen molar-refractivity contribution in [3.05, 3.63) is 58.2 Å². The zero-order chi connectivity index (χ0) is 24.4. The molecule has 1 aliphatic rings. The summed E-state index contributed by atoms with van der Waals surface area (Å²) >= 11 is 0. The Morgan fingerprint density at radius 2 is 1.76 bits per heavy atom. The van der Waals surface area contributed by atoms with E-state index in [0.29, 0.717) is 35.4 Å². The highest BCUT2D eigenvalue weighted by molar-refractivity contribution is 6.46. The number of benzene rings is 2. The summed E-state index contributed by atoms with van der Waals surface area (Å²) in [6.45, 7) is 8.08. The van der Waals surface area contributed by atoms with Crippen LogP contribution in [0.2, 0.25) is 0 Å². The molecule has 0 radical (unpaired) electrons. The van der Waals surface area contributed by atoms with Crippen LogP contribution in [0.3, 0.4) is 0 Å². The highest BCUT2D eigenvalue weighted by Gasteiger charge is 2.46. The molecule has 7 heteroatoms. The fourth-order valence-electron chi connectivity index (χ4n) is 4.30. The number of aliphatic hydroxyl groups excluding tert-OH is 1. The molecule has 2 aromatic rings. The number of phenols is 1. The molecule has 0 bridgehead atoms. The van der Waals surface area contributed by atoms with Gasteiger partial charge in [-0.15, -0.1) is 0 Å². The topological polar surface area (TPSA) is 96.3 Å². The standard InChI is InChI=1S/C26H31NO6/c1-7-10-27-23(16-8-9-20(32-5)19(28)12-16)22(25(30)26(27)31)24(29)18-13-17(14(2)3)21(33-6)11-15(18)4/h8-9,11-14,23,28-29H,7,10H2,1-6H3/b24-22+. The first-order valence-electron chi connectivity index (χ1n) is 11.0. The molecule has 1 fully saturated rings. The first-order valence-corrected chi connectivity index (χ1v) is 11.0. The fourth-order valence-corrected chi connectivity index (χ4v) is 4.30. The second-order valence-corrected chi connectivity index (χ2v) is 8.49. The Bertz CT molecular complexity index is 1120. The van der Waals surface area contributed by atoms with Gasteiger partial charge in [-0.05, 0) is 60.2 Å². The number of phenolic OH excluding ortho intramolecular Hbond substituents is 1. The quantitative estimate of drug-likeness (QED) is 0.359. The second kappa shape index (κ2) is 9.57. The van der Waals surface area contributed by atoms with E-state index in [-0.39, 0.29) is 28.7 Å². The van der Waals surface area contributed by atoms with E-state index in [4.69, 9.17) is 9.47 Å². The number of carbonyl (C=O) groups excluding carboxylic acids is 2. The zero-order valence-corrected chi connectivity index (χ0v) is 19.9. The minimum Gasteiger partial charge on any atom is -0.507 e. The van der Waals surface area contributed by atoms with E-state index >= 15 is 0 Å². The van der Waals surface area contributed by atoms with Gasteiger partial charge >= 0.3 is 0 Å². The van der Waals surface area contributed by atoms with Crippen LogP contribution >= 0.6 is 0 Å². The Balaban J connectivity index is 2.27. The summed E-state index contributed by atoms with van der Waals surface area (Å²) in [7, 11) is 3.03. The molecular formula is C26H31NO6. The third-order valence-corrected chi connectivity index (χ3v) is 5.98. The molecule has 1 heterocycles. The summed E-state index contributed by atoms with van der Waals surface area (Å²) < 4.78 is 10.6. The van der Waals surface area contributed by atoms with E-state index in [2.05, 4.69) is 0 Å². The Labute approximate surface area is 194 Å². The van der Waals surface area contributed by atoms with Gasteiger partial charge in [0.2, 0.25) is 0 Å². The average Bonchev–Trinajstić information content (AvgIpc) is 3.03. The minimum atomic E-state index is -0.828. The van der Waals surface area contributed by atoms with Crippen molar-refractivity contribution in [2.45, 2.75) is 46.1 Å². The van der Waals surface area contributed by atoms with Crippen LogP contribution in [-0.2, 0) is 9.59 Å². The molecule has 0 aromatic heterocycles. The first kappa shape index (κ1) is 24.2. The Hall–Kier alpha value is -3.48. The lowest BCUT2D eigenvalue weighted by atomic mass is 9.91. The van der Waals surface area contributed by atoms with Crippen molar-refractivity contribution in [3.8, 4) is 17.2 Å². The maximum Gasteiger partial charge on any atom is 0.295 e. The lowest BCUT2D eigenvalue weighted by Gasteiger charge is -2.25. The van der Waals surface area contributed by atoms with Crippen LogP contribution in [0.5, 0.6) is 17.2 Å². The summed E-state index contributed by atoms with van der Waals surface area (Å²) in [4.78, 5) is 27.5. The number of Topliss-reactive ketones (excluding diaryl/α,β-unsaturated/α-hetero) is 1. The van der Waals surface area contributed by atoms with Crippen LogP contribution in [0.25, 0.3) is 5.76 Å². The Morgan fingerprint density at radius 1 is 1.09 bits per heavy atom. The molecule has 176 valence electrons. The SMILES string of the molecule is CCCN1C(=O)C(=O)/C(=C(/O)c2cc(C(C)C)c(OC)cc2C)C1c1ccc(OC)c(O)c1. The molecule has 0 aliphatic carbocycles. The van der Waals surface area contributed by atoms with Crippen LogP contribution in [0, 0.1) is 6.92 Å². The Morgan fingerprint density at radius 3 is 2.30 bits per heavy atom. The van der Waals surface area contributed by atoms with Crippen LogP contribution in [0.4, 0.5) is 0 Å².